The predicted molar refractivity (Wildman–Crippen MR) is 65.9 cm³/mol. The Morgan fingerprint density at radius 1 is 1.50 bits per heavy atom. The Labute approximate surface area is 98.6 Å². The van der Waals surface area contributed by atoms with Gasteiger partial charge in [-0.05, 0) is 24.7 Å². The lowest BCUT2D eigenvalue weighted by atomic mass is 9.87. The van der Waals surface area contributed by atoms with E-state index >= 15 is 0 Å². The van der Waals surface area contributed by atoms with Gasteiger partial charge in [0.2, 0.25) is 5.91 Å². The van der Waals surface area contributed by atoms with Crippen LogP contribution in [0.25, 0.3) is 0 Å². The van der Waals surface area contributed by atoms with E-state index in [1.54, 1.807) is 0 Å². The van der Waals surface area contributed by atoms with Gasteiger partial charge < -0.3 is 16.2 Å². The Morgan fingerprint density at radius 2 is 2.12 bits per heavy atom. The number of hydrogen-bond donors (Lipinski definition) is 3. The first-order chi connectivity index (χ1) is 7.46. The van der Waals surface area contributed by atoms with Crippen LogP contribution in [-0.4, -0.2) is 30.7 Å². The summed E-state index contributed by atoms with van der Waals surface area (Å²) in [6.07, 6.45) is 2.46. The highest BCUT2D eigenvalue weighted by Gasteiger charge is 2.20. The smallest absolute Gasteiger partial charge is 0.224 e. The third-order valence-electron chi connectivity index (χ3n) is 2.90. The number of carbonyl (C=O) groups excluding carboxylic acids is 1. The van der Waals surface area contributed by atoms with Gasteiger partial charge in [0.15, 0.2) is 0 Å². The topological polar surface area (TPSA) is 75.4 Å². The van der Waals surface area contributed by atoms with Gasteiger partial charge in [0, 0.05) is 25.6 Å². The summed E-state index contributed by atoms with van der Waals surface area (Å²) < 4.78 is 0. The summed E-state index contributed by atoms with van der Waals surface area (Å²) in [6.45, 7) is 7.40. The molecule has 1 atom stereocenters. The minimum atomic E-state index is -0.0753. The van der Waals surface area contributed by atoms with Gasteiger partial charge >= 0.3 is 0 Å². The minimum Gasteiger partial charge on any atom is -0.396 e. The van der Waals surface area contributed by atoms with Crippen LogP contribution in [0.5, 0.6) is 0 Å². The maximum atomic E-state index is 11.7. The SMILES string of the molecule is CCC(CN)C(=O)NCC(C)(C)CCCO. The van der Waals surface area contributed by atoms with Crippen LogP contribution < -0.4 is 11.1 Å². The van der Waals surface area contributed by atoms with E-state index in [4.69, 9.17) is 10.8 Å². The first-order valence-corrected chi connectivity index (χ1v) is 6.05. The standard InChI is InChI=1S/C12H26N2O2/c1-4-10(8-13)11(16)14-9-12(2,3)6-5-7-15/h10,15H,4-9,13H2,1-3H3,(H,14,16). The molecule has 1 unspecified atom stereocenters. The molecule has 0 saturated heterocycles. The van der Waals surface area contributed by atoms with E-state index in [1.807, 2.05) is 6.92 Å². The Kier molecular flexibility index (Phi) is 7.34. The van der Waals surface area contributed by atoms with Gasteiger partial charge in [-0.2, -0.15) is 0 Å². The maximum absolute atomic E-state index is 11.7. The fourth-order valence-electron chi connectivity index (χ4n) is 1.58. The fraction of sp³-hybridized carbons (Fsp3) is 0.917. The molecule has 0 heterocycles. The molecule has 1 amide bonds. The summed E-state index contributed by atoms with van der Waals surface area (Å²) in [5.41, 5.74) is 5.54. The molecule has 96 valence electrons. The van der Waals surface area contributed by atoms with Crippen molar-refractivity contribution in [1.82, 2.24) is 5.32 Å². The van der Waals surface area contributed by atoms with Gasteiger partial charge in [0.05, 0.1) is 0 Å². The van der Waals surface area contributed by atoms with Crippen molar-refractivity contribution in [2.75, 3.05) is 19.7 Å². The number of rotatable bonds is 8. The van der Waals surface area contributed by atoms with Crippen LogP contribution in [-0.2, 0) is 4.79 Å². The molecule has 4 nitrogen and oxygen atoms in total. The van der Waals surface area contributed by atoms with Crippen molar-refractivity contribution in [1.29, 1.82) is 0 Å². The first kappa shape index (κ1) is 15.4. The summed E-state index contributed by atoms with van der Waals surface area (Å²) in [7, 11) is 0. The van der Waals surface area contributed by atoms with E-state index in [0.717, 1.165) is 19.3 Å². The average Bonchev–Trinajstić information content (AvgIpc) is 2.25. The Balaban J connectivity index is 3.97. The van der Waals surface area contributed by atoms with Crippen molar-refractivity contribution < 1.29 is 9.90 Å². The molecule has 0 radical (unpaired) electrons. The summed E-state index contributed by atoms with van der Waals surface area (Å²) in [6, 6.07) is 0. The third-order valence-corrected chi connectivity index (χ3v) is 2.90. The van der Waals surface area contributed by atoms with Crippen LogP contribution in [0.1, 0.15) is 40.0 Å². The number of nitrogens with one attached hydrogen (secondary N) is 1. The van der Waals surface area contributed by atoms with Crippen LogP contribution in [0.3, 0.4) is 0 Å². The molecule has 0 spiro atoms. The zero-order valence-corrected chi connectivity index (χ0v) is 10.8. The number of aliphatic hydroxyl groups excluding tert-OH is 1. The van der Waals surface area contributed by atoms with Gasteiger partial charge in [-0.1, -0.05) is 20.8 Å². The second-order valence-corrected chi connectivity index (χ2v) is 5.05. The highest BCUT2D eigenvalue weighted by Crippen LogP contribution is 2.20. The van der Waals surface area contributed by atoms with Crippen LogP contribution in [0.2, 0.25) is 0 Å². The highest BCUT2D eigenvalue weighted by molar-refractivity contribution is 5.78. The number of carbonyl (C=O) groups is 1. The molecular weight excluding hydrogens is 204 g/mol. The van der Waals surface area contributed by atoms with E-state index in [9.17, 15) is 4.79 Å². The maximum Gasteiger partial charge on any atom is 0.224 e. The van der Waals surface area contributed by atoms with Crippen molar-refractivity contribution in [3.63, 3.8) is 0 Å². The van der Waals surface area contributed by atoms with Crippen LogP contribution in [0, 0.1) is 11.3 Å². The zero-order chi connectivity index (χ0) is 12.6. The lowest BCUT2D eigenvalue weighted by molar-refractivity contribution is -0.125. The first-order valence-electron chi connectivity index (χ1n) is 6.05. The fourth-order valence-corrected chi connectivity index (χ4v) is 1.58. The van der Waals surface area contributed by atoms with Gasteiger partial charge in [-0.15, -0.1) is 0 Å². The molecule has 0 aliphatic heterocycles. The normalized spacial score (nSPS) is 13.6. The van der Waals surface area contributed by atoms with Crippen molar-refractivity contribution in [3.05, 3.63) is 0 Å². The quantitative estimate of drug-likeness (QED) is 0.579. The molecule has 0 aromatic rings. The number of aliphatic hydroxyl groups is 1. The van der Waals surface area contributed by atoms with Gasteiger partial charge in [0.1, 0.15) is 0 Å². The molecular formula is C12H26N2O2. The largest absolute Gasteiger partial charge is 0.396 e. The van der Waals surface area contributed by atoms with Crippen molar-refractivity contribution in [3.8, 4) is 0 Å². The molecule has 0 saturated carbocycles. The van der Waals surface area contributed by atoms with E-state index < -0.39 is 0 Å². The summed E-state index contributed by atoms with van der Waals surface area (Å²) in [4.78, 5) is 11.7. The number of nitrogens with two attached hydrogens (primary N) is 1. The number of amides is 1. The molecule has 0 aromatic heterocycles. The molecule has 4 heteroatoms. The monoisotopic (exact) mass is 230 g/mol. The van der Waals surface area contributed by atoms with E-state index in [0.29, 0.717) is 13.1 Å². The van der Waals surface area contributed by atoms with Crippen molar-refractivity contribution >= 4 is 5.91 Å². The highest BCUT2D eigenvalue weighted by atomic mass is 16.2. The lowest BCUT2D eigenvalue weighted by Gasteiger charge is -2.25. The van der Waals surface area contributed by atoms with E-state index in [2.05, 4.69) is 19.2 Å². The summed E-state index contributed by atoms with van der Waals surface area (Å²) in [5.74, 6) is -0.0317. The average molecular weight is 230 g/mol. The van der Waals surface area contributed by atoms with Crippen LogP contribution in [0.4, 0.5) is 0 Å². The summed E-state index contributed by atoms with van der Waals surface area (Å²) in [5, 5.41) is 11.7. The molecule has 0 aromatic carbocycles. The van der Waals surface area contributed by atoms with E-state index in [1.165, 1.54) is 0 Å². The lowest BCUT2D eigenvalue weighted by Crippen LogP contribution is -2.39. The van der Waals surface area contributed by atoms with Gasteiger partial charge in [-0.3, -0.25) is 4.79 Å². The predicted octanol–water partition coefficient (Wildman–Crippen LogP) is 0.886. The van der Waals surface area contributed by atoms with Crippen LogP contribution in [0.15, 0.2) is 0 Å². The second-order valence-electron chi connectivity index (χ2n) is 5.05. The van der Waals surface area contributed by atoms with Crippen molar-refractivity contribution in [2.24, 2.45) is 17.1 Å². The summed E-state index contributed by atoms with van der Waals surface area (Å²) >= 11 is 0. The van der Waals surface area contributed by atoms with E-state index in [-0.39, 0.29) is 23.8 Å². The Morgan fingerprint density at radius 3 is 2.56 bits per heavy atom. The van der Waals surface area contributed by atoms with Gasteiger partial charge in [0.25, 0.3) is 0 Å². The van der Waals surface area contributed by atoms with Crippen molar-refractivity contribution in [2.45, 2.75) is 40.0 Å². The molecule has 16 heavy (non-hydrogen) atoms. The molecule has 0 rings (SSSR count). The molecule has 0 bridgehead atoms. The Hall–Kier alpha value is -0.610. The number of hydrogen-bond acceptors (Lipinski definition) is 3. The third kappa shape index (κ3) is 6.08. The Bertz CT molecular complexity index is 201. The van der Waals surface area contributed by atoms with Gasteiger partial charge in [-0.25, -0.2) is 0 Å². The second kappa shape index (κ2) is 7.63. The molecule has 0 aliphatic rings. The molecule has 0 aliphatic carbocycles. The minimum absolute atomic E-state index is 0.0330. The molecule has 4 N–H and O–H groups in total. The zero-order valence-electron chi connectivity index (χ0n) is 10.8. The molecule has 0 fully saturated rings. The van der Waals surface area contributed by atoms with Crippen LogP contribution >= 0.6 is 0 Å².